The Morgan fingerprint density at radius 3 is 2.31 bits per heavy atom. The lowest BCUT2D eigenvalue weighted by molar-refractivity contribution is -0.114. The van der Waals surface area contributed by atoms with E-state index in [2.05, 4.69) is 29.7 Å². The van der Waals surface area contributed by atoms with Crippen LogP contribution in [0.15, 0.2) is 53.6 Å². The van der Waals surface area contributed by atoms with Crippen LogP contribution in [0, 0.1) is 5.92 Å². The summed E-state index contributed by atoms with van der Waals surface area (Å²) in [4.78, 5) is 23.0. The molecule has 2 amide bonds. The van der Waals surface area contributed by atoms with E-state index in [0.717, 1.165) is 11.3 Å². The van der Waals surface area contributed by atoms with Gasteiger partial charge in [0.25, 0.3) is 5.91 Å². The molecule has 2 aromatic carbocycles. The molecule has 0 heterocycles. The molecule has 0 spiro atoms. The smallest absolute Gasteiger partial charge is 0.271 e. The van der Waals surface area contributed by atoms with E-state index in [9.17, 15) is 9.59 Å². The summed E-state index contributed by atoms with van der Waals surface area (Å²) >= 11 is 0. The molecule has 6 heteroatoms. The third-order valence-corrected chi connectivity index (χ3v) is 3.31. The summed E-state index contributed by atoms with van der Waals surface area (Å²) in [5.74, 6) is 0.790. The number of carbonyl (C=O) groups excluding carboxylic acids is 2. The highest BCUT2D eigenvalue weighted by molar-refractivity contribution is 5.96. The number of anilines is 1. The number of hydrogen-bond acceptors (Lipinski definition) is 4. The lowest BCUT2D eigenvalue weighted by Gasteiger charge is -2.08. The van der Waals surface area contributed by atoms with Gasteiger partial charge in [-0.1, -0.05) is 13.8 Å². The Morgan fingerprint density at radius 2 is 1.73 bits per heavy atom. The van der Waals surface area contributed by atoms with Crippen molar-refractivity contribution in [2.75, 3.05) is 11.9 Å². The molecule has 0 aromatic heterocycles. The molecule has 0 aliphatic rings. The van der Waals surface area contributed by atoms with Crippen LogP contribution in [0.4, 0.5) is 5.69 Å². The van der Waals surface area contributed by atoms with Gasteiger partial charge in [-0.15, -0.1) is 0 Å². The van der Waals surface area contributed by atoms with Gasteiger partial charge in [-0.3, -0.25) is 9.59 Å². The molecule has 2 aromatic rings. The fourth-order valence-electron chi connectivity index (χ4n) is 2.05. The van der Waals surface area contributed by atoms with Crippen molar-refractivity contribution < 1.29 is 14.3 Å². The molecule has 2 rings (SSSR count). The summed E-state index contributed by atoms with van der Waals surface area (Å²) in [6, 6.07) is 14.0. The van der Waals surface area contributed by atoms with E-state index in [1.807, 2.05) is 24.3 Å². The summed E-state index contributed by atoms with van der Waals surface area (Å²) in [7, 11) is 0. The van der Waals surface area contributed by atoms with E-state index >= 15 is 0 Å². The van der Waals surface area contributed by atoms with Gasteiger partial charge in [0.2, 0.25) is 5.91 Å². The molecule has 0 unspecified atom stereocenters. The summed E-state index contributed by atoms with van der Waals surface area (Å²) in [5.41, 5.74) is 4.41. The highest BCUT2D eigenvalue weighted by atomic mass is 16.5. The first-order valence-electron chi connectivity index (χ1n) is 8.38. The van der Waals surface area contributed by atoms with Crippen LogP contribution in [0.25, 0.3) is 0 Å². The van der Waals surface area contributed by atoms with Crippen LogP contribution in [-0.2, 0) is 4.79 Å². The summed E-state index contributed by atoms with van der Waals surface area (Å²) in [6.45, 7) is 6.29. The van der Waals surface area contributed by atoms with Crippen molar-refractivity contribution in [3.05, 3.63) is 59.7 Å². The third-order valence-electron chi connectivity index (χ3n) is 3.31. The maximum absolute atomic E-state index is 12.0. The van der Waals surface area contributed by atoms with Gasteiger partial charge in [-0.2, -0.15) is 5.10 Å². The quantitative estimate of drug-likeness (QED) is 0.591. The first kappa shape index (κ1) is 19.2. The second kappa shape index (κ2) is 9.36. The van der Waals surface area contributed by atoms with Gasteiger partial charge in [0.1, 0.15) is 5.75 Å². The standard InChI is InChI=1S/C20H23N3O3/c1-14(2)13-26-19-10-4-16(5-11-19)12-21-23-20(25)17-6-8-18(9-7-17)22-15(3)24/h4-12,14H,13H2,1-3H3,(H,22,24)(H,23,25)/b21-12+. The zero-order valence-electron chi connectivity index (χ0n) is 15.2. The second-order valence-electron chi connectivity index (χ2n) is 6.23. The van der Waals surface area contributed by atoms with Gasteiger partial charge in [0.05, 0.1) is 12.8 Å². The number of ether oxygens (including phenoxy) is 1. The number of nitrogens with zero attached hydrogens (tertiary/aromatic N) is 1. The predicted molar refractivity (Wildman–Crippen MR) is 103 cm³/mol. The second-order valence-corrected chi connectivity index (χ2v) is 6.23. The van der Waals surface area contributed by atoms with Crippen LogP contribution in [-0.4, -0.2) is 24.6 Å². The van der Waals surface area contributed by atoms with E-state index in [1.165, 1.54) is 6.92 Å². The highest BCUT2D eigenvalue weighted by Crippen LogP contribution is 2.12. The monoisotopic (exact) mass is 353 g/mol. The molecular weight excluding hydrogens is 330 g/mol. The van der Waals surface area contributed by atoms with Gasteiger partial charge in [-0.05, 0) is 60.0 Å². The molecule has 26 heavy (non-hydrogen) atoms. The van der Waals surface area contributed by atoms with Crippen LogP contribution in [0.1, 0.15) is 36.7 Å². The molecule has 2 N–H and O–H groups in total. The number of amides is 2. The zero-order valence-corrected chi connectivity index (χ0v) is 15.2. The number of hydrogen-bond donors (Lipinski definition) is 2. The van der Waals surface area contributed by atoms with Crippen LogP contribution in [0.2, 0.25) is 0 Å². The number of hydrazone groups is 1. The first-order chi connectivity index (χ1) is 12.4. The molecule has 136 valence electrons. The Bertz CT molecular complexity index is 766. The van der Waals surface area contributed by atoms with Crippen LogP contribution in [0.5, 0.6) is 5.75 Å². The Morgan fingerprint density at radius 1 is 1.08 bits per heavy atom. The van der Waals surface area contributed by atoms with E-state index in [4.69, 9.17) is 4.74 Å². The maximum Gasteiger partial charge on any atom is 0.271 e. The average Bonchev–Trinajstić information content (AvgIpc) is 2.61. The molecule has 0 saturated carbocycles. The van der Waals surface area contributed by atoms with Gasteiger partial charge in [0, 0.05) is 18.2 Å². The van der Waals surface area contributed by atoms with Crippen molar-refractivity contribution >= 4 is 23.7 Å². The van der Waals surface area contributed by atoms with Crippen molar-refractivity contribution in [3.8, 4) is 5.75 Å². The largest absolute Gasteiger partial charge is 0.493 e. The minimum atomic E-state index is -0.326. The van der Waals surface area contributed by atoms with Gasteiger partial charge < -0.3 is 10.1 Å². The van der Waals surface area contributed by atoms with E-state index < -0.39 is 0 Å². The maximum atomic E-state index is 12.0. The third kappa shape index (κ3) is 6.39. The highest BCUT2D eigenvalue weighted by Gasteiger charge is 2.04. The Hall–Kier alpha value is -3.15. The van der Waals surface area contributed by atoms with E-state index in [-0.39, 0.29) is 11.8 Å². The SMILES string of the molecule is CC(=O)Nc1ccc(C(=O)N/N=C/c2ccc(OCC(C)C)cc2)cc1. The van der Waals surface area contributed by atoms with Crippen LogP contribution >= 0.6 is 0 Å². The molecule has 0 atom stereocenters. The molecule has 0 radical (unpaired) electrons. The molecule has 0 bridgehead atoms. The Labute approximate surface area is 153 Å². The lowest BCUT2D eigenvalue weighted by atomic mass is 10.2. The number of nitrogens with one attached hydrogen (secondary N) is 2. The van der Waals surface area contributed by atoms with Gasteiger partial charge in [-0.25, -0.2) is 5.43 Å². The minimum Gasteiger partial charge on any atom is -0.493 e. The number of carbonyl (C=O) groups is 2. The Balaban J connectivity index is 1.87. The molecule has 6 nitrogen and oxygen atoms in total. The minimum absolute atomic E-state index is 0.160. The topological polar surface area (TPSA) is 79.8 Å². The summed E-state index contributed by atoms with van der Waals surface area (Å²) in [5, 5.41) is 6.60. The number of benzene rings is 2. The van der Waals surface area contributed by atoms with Crippen molar-refractivity contribution in [1.29, 1.82) is 0 Å². The van der Waals surface area contributed by atoms with E-state index in [1.54, 1.807) is 30.5 Å². The lowest BCUT2D eigenvalue weighted by Crippen LogP contribution is -2.17. The average molecular weight is 353 g/mol. The molecule has 0 aliphatic heterocycles. The van der Waals surface area contributed by atoms with E-state index in [0.29, 0.717) is 23.8 Å². The molecule has 0 aliphatic carbocycles. The van der Waals surface area contributed by atoms with Crippen LogP contribution in [0.3, 0.4) is 0 Å². The first-order valence-corrected chi connectivity index (χ1v) is 8.38. The van der Waals surface area contributed by atoms with Crippen molar-refractivity contribution in [2.45, 2.75) is 20.8 Å². The summed E-state index contributed by atoms with van der Waals surface area (Å²) < 4.78 is 5.62. The fourth-order valence-corrected chi connectivity index (χ4v) is 2.05. The zero-order chi connectivity index (χ0) is 18.9. The van der Waals surface area contributed by atoms with Crippen molar-refractivity contribution in [3.63, 3.8) is 0 Å². The fraction of sp³-hybridized carbons (Fsp3) is 0.250. The predicted octanol–water partition coefficient (Wildman–Crippen LogP) is 3.44. The van der Waals surface area contributed by atoms with Gasteiger partial charge in [0.15, 0.2) is 0 Å². The summed E-state index contributed by atoms with van der Waals surface area (Å²) in [6.07, 6.45) is 1.57. The van der Waals surface area contributed by atoms with Crippen molar-refractivity contribution in [1.82, 2.24) is 5.43 Å². The Kier molecular flexibility index (Phi) is 6.91. The normalized spacial score (nSPS) is 10.8. The van der Waals surface area contributed by atoms with Crippen LogP contribution < -0.4 is 15.5 Å². The molecule has 0 fully saturated rings. The van der Waals surface area contributed by atoms with Gasteiger partial charge >= 0.3 is 0 Å². The molecule has 0 saturated heterocycles. The number of rotatable bonds is 7. The van der Waals surface area contributed by atoms with Crippen molar-refractivity contribution in [2.24, 2.45) is 11.0 Å². The molecular formula is C20H23N3O3.